The third-order valence-corrected chi connectivity index (χ3v) is 3.79. The Balaban J connectivity index is 1.64. The van der Waals surface area contributed by atoms with Crippen LogP contribution in [0.2, 0.25) is 0 Å². The molecule has 0 saturated carbocycles. The van der Waals surface area contributed by atoms with Gasteiger partial charge in [-0.2, -0.15) is 5.10 Å². The summed E-state index contributed by atoms with van der Waals surface area (Å²) in [5.74, 6) is 1.42. The molecule has 2 aromatic rings. The van der Waals surface area contributed by atoms with E-state index in [4.69, 9.17) is 14.3 Å². The van der Waals surface area contributed by atoms with Crippen molar-refractivity contribution in [3.05, 3.63) is 41.6 Å². The molecule has 0 spiro atoms. The Kier molecular flexibility index (Phi) is 4.38. The number of aryl methyl sites for hydroxylation is 1. The first-order chi connectivity index (χ1) is 10.3. The van der Waals surface area contributed by atoms with Gasteiger partial charge in [-0.1, -0.05) is 0 Å². The Bertz CT molecular complexity index is 578. The molecule has 21 heavy (non-hydrogen) atoms. The molecule has 3 rings (SSSR count). The van der Waals surface area contributed by atoms with E-state index in [1.54, 1.807) is 10.7 Å². The second-order valence-electron chi connectivity index (χ2n) is 5.39. The smallest absolute Gasteiger partial charge is 0.129 e. The highest BCUT2D eigenvalue weighted by Gasteiger charge is 2.28. The summed E-state index contributed by atoms with van der Waals surface area (Å²) in [7, 11) is 1.91. The standard InChI is InChI=1S/C15H21N3O3/c1-18-9-11(7-17-18)15-14(3-2-6-20-15)16-8-12-4-5-13(10-19)21-12/h4-5,7,9,14-16,19H,2-3,6,8,10H2,1H3/t14-,15+/m0/s1. The summed E-state index contributed by atoms with van der Waals surface area (Å²) in [5, 5.41) is 16.7. The van der Waals surface area contributed by atoms with Crippen molar-refractivity contribution in [2.45, 2.75) is 38.1 Å². The number of hydrogen-bond acceptors (Lipinski definition) is 5. The quantitative estimate of drug-likeness (QED) is 0.874. The SMILES string of the molecule is Cn1cc([C@H]2OCCC[C@@H]2NCc2ccc(CO)o2)cn1. The van der Waals surface area contributed by atoms with Gasteiger partial charge in [-0.25, -0.2) is 0 Å². The van der Waals surface area contributed by atoms with E-state index >= 15 is 0 Å². The summed E-state index contributed by atoms with van der Waals surface area (Å²) in [6.45, 7) is 1.35. The second kappa shape index (κ2) is 6.43. The van der Waals surface area contributed by atoms with E-state index in [-0.39, 0.29) is 18.8 Å². The van der Waals surface area contributed by atoms with Crippen LogP contribution in [0.4, 0.5) is 0 Å². The summed E-state index contributed by atoms with van der Waals surface area (Å²) in [5.41, 5.74) is 1.10. The largest absolute Gasteiger partial charge is 0.462 e. The first-order valence-corrected chi connectivity index (χ1v) is 7.28. The molecule has 0 radical (unpaired) electrons. The molecule has 0 bridgehead atoms. The van der Waals surface area contributed by atoms with E-state index in [1.807, 2.05) is 25.5 Å². The number of nitrogens with zero attached hydrogens (tertiary/aromatic N) is 2. The zero-order valence-corrected chi connectivity index (χ0v) is 12.2. The number of ether oxygens (including phenoxy) is 1. The molecule has 2 atom stereocenters. The van der Waals surface area contributed by atoms with Crippen LogP contribution in [-0.2, 0) is 24.9 Å². The highest BCUT2D eigenvalue weighted by Crippen LogP contribution is 2.28. The Morgan fingerprint density at radius 2 is 2.29 bits per heavy atom. The number of nitrogens with one attached hydrogen (secondary N) is 1. The van der Waals surface area contributed by atoms with Crippen molar-refractivity contribution in [3.63, 3.8) is 0 Å². The lowest BCUT2D eigenvalue weighted by atomic mass is 9.98. The van der Waals surface area contributed by atoms with Crippen molar-refractivity contribution in [2.75, 3.05) is 6.61 Å². The van der Waals surface area contributed by atoms with Crippen molar-refractivity contribution in [3.8, 4) is 0 Å². The van der Waals surface area contributed by atoms with Crippen molar-refractivity contribution < 1.29 is 14.3 Å². The van der Waals surface area contributed by atoms with Crippen LogP contribution in [0.15, 0.2) is 28.9 Å². The lowest BCUT2D eigenvalue weighted by Gasteiger charge is -2.31. The first kappa shape index (κ1) is 14.3. The number of hydrogen-bond donors (Lipinski definition) is 2. The number of furan rings is 1. The van der Waals surface area contributed by atoms with E-state index in [2.05, 4.69) is 10.4 Å². The van der Waals surface area contributed by atoms with Crippen LogP contribution in [0.3, 0.4) is 0 Å². The summed E-state index contributed by atoms with van der Waals surface area (Å²) in [4.78, 5) is 0. The fourth-order valence-electron chi connectivity index (χ4n) is 2.74. The van der Waals surface area contributed by atoms with Crippen LogP contribution in [0, 0.1) is 0 Å². The molecule has 6 nitrogen and oxygen atoms in total. The molecular weight excluding hydrogens is 270 g/mol. The highest BCUT2D eigenvalue weighted by molar-refractivity contribution is 5.12. The van der Waals surface area contributed by atoms with Crippen LogP contribution in [0.5, 0.6) is 0 Å². The molecule has 0 aliphatic carbocycles. The number of aliphatic hydroxyl groups is 1. The average Bonchev–Trinajstić information content (AvgIpc) is 3.14. The van der Waals surface area contributed by atoms with Gasteiger partial charge in [0.2, 0.25) is 0 Å². The van der Waals surface area contributed by atoms with Gasteiger partial charge in [0.25, 0.3) is 0 Å². The molecule has 1 aliphatic heterocycles. The molecule has 0 aromatic carbocycles. The minimum absolute atomic E-state index is 0.0275. The van der Waals surface area contributed by atoms with Gasteiger partial charge >= 0.3 is 0 Å². The van der Waals surface area contributed by atoms with Crippen LogP contribution in [0.1, 0.15) is 36.0 Å². The third-order valence-electron chi connectivity index (χ3n) is 3.79. The van der Waals surface area contributed by atoms with Gasteiger partial charge in [0.15, 0.2) is 0 Å². The molecule has 1 saturated heterocycles. The summed E-state index contributed by atoms with van der Waals surface area (Å²) >= 11 is 0. The third kappa shape index (κ3) is 3.34. The number of aromatic nitrogens is 2. The van der Waals surface area contributed by atoms with E-state index in [1.165, 1.54) is 0 Å². The van der Waals surface area contributed by atoms with Gasteiger partial charge in [-0.15, -0.1) is 0 Å². The fourth-order valence-corrected chi connectivity index (χ4v) is 2.74. The molecule has 0 amide bonds. The van der Waals surface area contributed by atoms with Gasteiger partial charge in [-0.05, 0) is 25.0 Å². The maximum atomic E-state index is 9.02. The van der Waals surface area contributed by atoms with Gasteiger partial charge < -0.3 is 19.6 Å². The number of aliphatic hydroxyl groups excluding tert-OH is 1. The van der Waals surface area contributed by atoms with E-state index in [0.29, 0.717) is 12.3 Å². The average molecular weight is 291 g/mol. The topological polar surface area (TPSA) is 72.5 Å². The molecule has 6 heteroatoms. The number of rotatable bonds is 5. The predicted octanol–water partition coefficient (Wildman–Crippen LogP) is 1.52. The molecule has 0 unspecified atom stereocenters. The lowest BCUT2D eigenvalue weighted by Crippen LogP contribution is -2.38. The Morgan fingerprint density at radius 1 is 1.43 bits per heavy atom. The Labute approximate surface area is 123 Å². The van der Waals surface area contributed by atoms with E-state index < -0.39 is 0 Å². The van der Waals surface area contributed by atoms with Crippen molar-refractivity contribution in [1.82, 2.24) is 15.1 Å². The Hall–Kier alpha value is -1.63. The highest BCUT2D eigenvalue weighted by atomic mass is 16.5. The Morgan fingerprint density at radius 3 is 3.00 bits per heavy atom. The molecule has 114 valence electrons. The monoisotopic (exact) mass is 291 g/mol. The van der Waals surface area contributed by atoms with Crippen LogP contribution >= 0.6 is 0 Å². The molecule has 1 fully saturated rings. The van der Waals surface area contributed by atoms with Gasteiger partial charge in [0.1, 0.15) is 24.2 Å². The van der Waals surface area contributed by atoms with Crippen molar-refractivity contribution in [1.29, 1.82) is 0 Å². The van der Waals surface area contributed by atoms with Gasteiger partial charge in [-0.3, -0.25) is 4.68 Å². The molecule has 2 aromatic heterocycles. The maximum Gasteiger partial charge on any atom is 0.129 e. The van der Waals surface area contributed by atoms with Crippen LogP contribution in [-0.4, -0.2) is 27.5 Å². The zero-order chi connectivity index (χ0) is 14.7. The lowest BCUT2D eigenvalue weighted by molar-refractivity contribution is -0.0116. The summed E-state index contributed by atoms with van der Waals surface area (Å²) in [6.07, 6.45) is 6.00. The van der Waals surface area contributed by atoms with E-state index in [0.717, 1.165) is 30.8 Å². The van der Waals surface area contributed by atoms with Gasteiger partial charge in [0, 0.05) is 31.5 Å². The fraction of sp³-hybridized carbons (Fsp3) is 0.533. The normalized spacial score (nSPS) is 22.6. The summed E-state index contributed by atoms with van der Waals surface area (Å²) < 4.78 is 13.2. The molecule has 1 aliphatic rings. The molecule has 2 N–H and O–H groups in total. The minimum Gasteiger partial charge on any atom is -0.462 e. The van der Waals surface area contributed by atoms with Crippen molar-refractivity contribution >= 4 is 0 Å². The molecular formula is C15H21N3O3. The second-order valence-corrected chi connectivity index (χ2v) is 5.39. The summed E-state index contributed by atoms with van der Waals surface area (Å²) in [6, 6.07) is 3.93. The first-order valence-electron chi connectivity index (χ1n) is 7.28. The predicted molar refractivity (Wildman–Crippen MR) is 76.4 cm³/mol. The maximum absolute atomic E-state index is 9.02. The minimum atomic E-state index is -0.0646. The van der Waals surface area contributed by atoms with E-state index in [9.17, 15) is 0 Å². The van der Waals surface area contributed by atoms with Crippen LogP contribution in [0.25, 0.3) is 0 Å². The van der Waals surface area contributed by atoms with Crippen molar-refractivity contribution in [2.24, 2.45) is 7.05 Å². The van der Waals surface area contributed by atoms with Gasteiger partial charge in [0.05, 0.1) is 12.7 Å². The molecule has 3 heterocycles. The van der Waals surface area contributed by atoms with Crippen LogP contribution < -0.4 is 5.32 Å². The zero-order valence-electron chi connectivity index (χ0n) is 12.2.